The van der Waals surface area contributed by atoms with Crippen LogP contribution < -0.4 is 5.32 Å². The zero-order valence-electron chi connectivity index (χ0n) is 12.1. The summed E-state index contributed by atoms with van der Waals surface area (Å²) < 4.78 is 0. The number of nitrogens with one attached hydrogen (secondary N) is 1. The minimum atomic E-state index is 0.242. The molecular formula is C15H25N3. The topological polar surface area (TPSA) is 37.8 Å². The number of rotatable bonds is 3. The molecule has 0 unspecified atom stereocenters. The molecule has 0 aliphatic heterocycles. The van der Waals surface area contributed by atoms with Gasteiger partial charge in [-0.2, -0.15) is 0 Å². The quantitative estimate of drug-likeness (QED) is 0.890. The summed E-state index contributed by atoms with van der Waals surface area (Å²) in [5, 5.41) is 3.41. The monoisotopic (exact) mass is 247 g/mol. The van der Waals surface area contributed by atoms with Crippen molar-refractivity contribution in [1.82, 2.24) is 9.97 Å². The van der Waals surface area contributed by atoms with E-state index in [-0.39, 0.29) is 5.41 Å². The second-order valence-electron chi connectivity index (χ2n) is 6.39. The van der Waals surface area contributed by atoms with Gasteiger partial charge in [-0.1, -0.05) is 20.8 Å². The van der Waals surface area contributed by atoms with Gasteiger partial charge in [0, 0.05) is 24.2 Å². The zero-order valence-corrected chi connectivity index (χ0v) is 12.1. The van der Waals surface area contributed by atoms with Crippen LogP contribution in [0, 0.1) is 5.41 Å². The fourth-order valence-electron chi connectivity index (χ4n) is 2.51. The third-order valence-electron chi connectivity index (χ3n) is 3.26. The summed E-state index contributed by atoms with van der Waals surface area (Å²) in [5.41, 5.74) is 2.89. The average Bonchev–Trinajstić information content (AvgIpc) is 2.27. The fourth-order valence-corrected chi connectivity index (χ4v) is 2.51. The van der Waals surface area contributed by atoms with Crippen LogP contribution in [0.2, 0.25) is 0 Å². The van der Waals surface area contributed by atoms with Gasteiger partial charge in [-0.15, -0.1) is 0 Å². The Morgan fingerprint density at radius 2 is 1.83 bits per heavy atom. The average molecular weight is 247 g/mol. The summed E-state index contributed by atoms with van der Waals surface area (Å²) in [6, 6.07) is 0. The molecule has 3 heteroatoms. The van der Waals surface area contributed by atoms with Crippen molar-refractivity contribution in [2.45, 2.75) is 59.8 Å². The highest BCUT2D eigenvalue weighted by Crippen LogP contribution is 2.27. The normalized spacial score (nSPS) is 15.3. The van der Waals surface area contributed by atoms with Gasteiger partial charge < -0.3 is 5.32 Å². The third-order valence-corrected chi connectivity index (χ3v) is 3.26. The van der Waals surface area contributed by atoms with Gasteiger partial charge in [0.1, 0.15) is 11.6 Å². The number of hydrogen-bond donors (Lipinski definition) is 1. The van der Waals surface area contributed by atoms with Gasteiger partial charge in [-0.3, -0.25) is 0 Å². The standard InChI is InChI=1S/C15H25N3/c1-5-16-14-11-8-6-7-9-12(11)17-13(18-14)10-15(2,3)4/h5-10H2,1-4H3,(H,16,17,18). The highest BCUT2D eigenvalue weighted by atomic mass is 15.0. The van der Waals surface area contributed by atoms with E-state index in [1.807, 2.05) is 0 Å². The van der Waals surface area contributed by atoms with Crippen LogP contribution in [0.25, 0.3) is 0 Å². The number of aromatic nitrogens is 2. The molecule has 0 radical (unpaired) electrons. The Kier molecular flexibility index (Phi) is 3.88. The first-order valence-electron chi connectivity index (χ1n) is 7.12. The van der Waals surface area contributed by atoms with Crippen molar-refractivity contribution in [1.29, 1.82) is 0 Å². The van der Waals surface area contributed by atoms with E-state index in [9.17, 15) is 0 Å². The molecule has 1 heterocycles. The SMILES string of the molecule is CCNc1nc(CC(C)(C)C)nc2c1CCCC2. The second kappa shape index (κ2) is 5.25. The van der Waals surface area contributed by atoms with Gasteiger partial charge in [0.15, 0.2) is 0 Å². The van der Waals surface area contributed by atoms with E-state index in [0.29, 0.717) is 0 Å². The van der Waals surface area contributed by atoms with Crippen LogP contribution in [0.15, 0.2) is 0 Å². The molecule has 1 aromatic heterocycles. The van der Waals surface area contributed by atoms with Gasteiger partial charge in [-0.25, -0.2) is 9.97 Å². The lowest BCUT2D eigenvalue weighted by atomic mass is 9.91. The second-order valence-corrected chi connectivity index (χ2v) is 6.39. The zero-order chi connectivity index (χ0) is 13.2. The highest BCUT2D eigenvalue weighted by molar-refractivity contribution is 5.47. The largest absolute Gasteiger partial charge is 0.370 e. The molecule has 1 N–H and O–H groups in total. The van der Waals surface area contributed by atoms with Crippen molar-refractivity contribution >= 4 is 5.82 Å². The molecule has 18 heavy (non-hydrogen) atoms. The van der Waals surface area contributed by atoms with Crippen molar-refractivity contribution in [3.05, 3.63) is 17.1 Å². The maximum atomic E-state index is 4.79. The first-order chi connectivity index (χ1) is 8.49. The van der Waals surface area contributed by atoms with Crippen LogP contribution >= 0.6 is 0 Å². The molecule has 0 bridgehead atoms. The summed E-state index contributed by atoms with van der Waals surface area (Å²) in [4.78, 5) is 9.53. The van der Waals surface area contributed by atoms with E-state index in [1.54, 1.807) is 0 Å². The van der Waals surface area contributed by atoms with Crippen molar-refractivity contribution in [3.63, 3.8) is 0 Å². The predicted molar refractivity (Wildman–Crippen MR) is 76.0 cm³/mol. The molecule has 2 rings (SSSR count). The number of fused-ring (bicyclic) bond motifs is 1. The number of nitrogens with zero attached hydrogens (tertiary/aromatic N) is 2. The lowest BCUT2D eigenvalue weighted by molar-refractivity contribution is 0.399. The van der Waals surface area contributed by atoms with Crippen LogP contribution in [0.1, 0.15) is 57.6 Å². The van der Waals surface area contributed by atoms with Gasteiger partial charge in [0.2, 0.25) is 0 Å². The van der Waals surface area contributed by atoms with Gasteiger partial charge in [0.05, 0.1) is 0 Å². The van der Waals surface area contributed by atoms with Crippen molar-refractivity contribution < 1.29 is 0 Å². The molecule has 1 aromatic rings. The maximum Gasteiger partial charge on any atom is 0.133 e. The lowest BCUT2D eigenvalue weighted by Crippen LogP contribution is -2.18. The predicted octanol–water partition coefficient (Wildman–Crippen LogP) is 3.38. The smallest absolute Gasteiger partial charge is 0.133 e. The molecule has 0 aromatic carbocycles. The van der Waals surface area contributed by atoms with Crippen LogP contribution in [0.4, 0.5) is 5.82 Å². The fraction of sp³-hybridized carbons (Fsp3) is 0.733. The molecule has 0 amide bonds. The van der Waals surface area contributed by atoms with Gasteiger partial charge in [-0.05, 0) is 38.0 Å². The van der Waals surface area contributed by atoms with E-state index in [2.05, 4.69) is 33.0 Å². The first-order valence-corrected chi connectivity index (χ1v) is 7.12. The molecular weight excluding hydrogens is 222 g/mol. The van der Waals surface area contributed by atoms with E-state index < -0.39 is 0 Å². The molecule has 0 fully saturated rings. The molecule has 0 saturated carbocycles. The summed E-state index contributed by atoms with van der Waals surface area (Å²) in [6.07, 6.45) is 5.73. The Labute approximate surface area is 110 Å². The Hall–Kier alpha value is -1.12. The van der Waals surface area contributed by atoms with Crippen LogP contribution in [0.5, 0.6) is 0 Å². The van der Waals surface area contributed by atoms with Crippen molar-refractivity contribution in [2.75, 3.05) is 11.9 Å². The van der Waals surface area contributed by atoms with E-state index in [4.69, 9.17) is 9.97 Å². The van der Waals surface area contributed by atoms with Crippen LogP contribution in [-0.2, 0) is 19.3 Å². The molecule has 1 aliphatic rings. The summed E-state index contributed by atoms with van der Waals surface area (Å²) >= 11 is 0. The van der Waals surface area contributed by atoms with Gasteiger partial charge in [0.25, 0.3) is 0 Å². The maximum absolute atomic E-state index is 4.79. The Bertz CT molecular complexity index is 418. The lowest BCUT2D eigenvalue weighted by Gasteiger charge is -2.22. The minimum Gasteiger partial charge on any atom is -0.370 e. The Balaban J connectivity index is 2.35. The van der Waals surface area contributed by atoms with Gasteiger partial charge >= 0.3 is 0 Å². The summed E-state index contributed by atoms with van der Waals surface area (Å²) in [5.74, 6) is 2.08. The summed E-state index contributed by atoms with van der Waals surface area (Å²) in [7, 11) is 0. The van der Waals surface area contributed by atoms with Crippen LogP contribution in [0.3, 0.4) is 0 Å². The molecule has 100 valence electrons. The molecule has 0 atom stereocenters. The van der Waals surface area contributed by atoms with Crippen molar-refractivity contribution in [2.24, 2.45) is 5.41 Å². The minimum absolute atomic E-state index is 0.242. The first kappa shape index (κ1) is 13.3. The van der Waals surface area contributed by atoms with Crippen LogP contribution in [-0.4, -0.2) is 16.5 Å². The van der Waals surface area contributed by atoms with E-state index in [1.165, 1.54) is 24.1 Å². The number of anilines is 1. The van der Waals surface area contributed by atoms with E-state index >= 15 is 0 Å². The molecule has 1 aliphatic carbocycles. The molecule has 0 spiro atoms. The van der Waals surface area contributed by atoms with Crippen molar-refractivity contribution in [3.8, 4) is 0 Å². The number of aryl methyl sites for hydroxylation is 1. The Morgan fingerprint density at radius 3 is 2.50 bits per heavy atom. The Morgan fingerprint density at radius 1 is 1.11 bits per heavy atom. The summed E-state index contributed by atoms with van der Waals surface area (Å²) in [6.45, 7) is 9.77. The molecule has 0 saturated heterocycles. The molecule has 3 nitrogen and oxygen atoms in total. The number of hydrogen-bond acceptors (Lipinski definition) is 3. The highest BCUT2D eigenvalue weighted by Gasteiger charge is 2.20. The van der Waals surface area contributed by atoms with E-state index in [0.717, 1.165) is 37.4 Å². The third kappa shape index (κ3) is 3.21.